The van der Waals surface area contributed by atoms with Gasteiger partial charge >= 0.3 is 0 Å². The van der Waals surface area contributed by atoms with Crippen LogP contribution in [0.5, 0.6) is 5.75 Å². The smallest absolute Gasteiger partial charge is 0.231 e. The molecule has 22 heavy (non-hydrogen) atoms. The van der Waals surface area contributed by atoms with Crippen LogP contribution in [0, 0.1) is 6.92 Å². The van der Waals surface area contributed by atoms with E-state index < -0.39 is 0 Å². The molecular weight excluding hydrogens is 276 g/mol. The quantitative estimate of drug-likeness (QED) is 0.874. The van der Waals surface area contributed by atoms with Gasteiger partial charge in [0.2, 0.25) is 5.91 Å². The van der Waals surface area contributed by atoms with Crippen LogP contribution in [0.1, 0.15) is 23.2 Å². The number of aromatic nitrogens is 1. The molecule has 0 atom stereocenters. The molecule has 2 heterocycles. The number of anilines is 1. The number of nitrogens with zero attached hydrogens (tertiary/aromatic N) is 2. The molecule has 1 aromatic carbocycles. The molecule has 1 aliphatic rings. The van der Waals surface area contributed by atoms with Gasteiger partial charge in [-0.15, -0.1) is 0 Å². The van der Waals surface area contributed by atoms with E-state index in [1.807, 2.05) is 31.2 Å². The monoisotopic (exact) mass is 296 g/mol. The Hall–Kier alpha value is -2.36. The minimum atomic E-state index is 0.0716. The second-order valence-electron chi connectivity index (χ2n) is 5.68. The summed E-state index contributed by atoms with van der Waals surface area (Å²) in [5, 5.41) is 0. The van der Waals surface area contributed by atoms with Crippen molar-refractivity contribution < 1.29 is 9.53 Å². The summed E-state index contributed by atoms with van der Waals surface area (Å²) in [7, 11) is 1.80. The van der Waals surface area contributed by atoms with Crippen LogP contribution >= 0.6 is 0 Å². The Labute approximate surface area is 130 Å². The van der Waals surface area contributed by atoms with E-state index in [0.29, 0.717) is 6.42 Å². The number of pyridine rings is 1. The van der Waals surface area contributed by atoms with Gasteiger partial charge in [0.25, 0.3) is 0 Å². The van der Waals surface area contributed by atoms with Crippen molar-refractivity contribution >= 4 is 11.6 Å². The molecule has 4 nitrogen and oxygen atoms in total. The number of hydrogen-bond acceptors (Lipinski definition) is 3. The predicted molar refractivity (Wildman–Crippen MR) is 86.3 cm³/mol. The zero-order valence-electron chi connectivity index (χ0n) is 13.0. The van der Waals surface area contributed by atoms with Crippen molar-refractivity contribution in [1.82, 2.24) is 4.98 Å². The molecule has 3 rings (SSSR count). The third-order valence-corrected chi connectivity index (χ3v) is 3.97. The minimum Gasteiger partial charge on any atom is -0.493 e. The maximum absolute atomic E-state index is 12.5. The molecule has 0 aliphatic carbocycles. The highest BCUT2D eigenvalue weighted by Crippen LogP contribution is 2.26. The van der Waals surface area contributed by atoms with Crippen LogP contribution in [0.15, 0.2) is 36.5 Å². The summed E-state index contributed by atoms with van der Waals surface area (Å²) in [6.45, 7) is 2.71. The minimum absolute atomic E-state index is 0.0716. The van der Waals surface area contributed by atoms with Gasteiger partial charge in [-0.25, -0.2) is 0 Å². The number of benzene rings is 1. The molecule has 4 heteroatoms. The van der Waals surface area contributed by atoms with Crippen molar-refractivity contribution in [1.29, 1.82) is 0 Å². The predicted octanol–water partition coefficient (Wildman–Crippen LogP) is 2.92. The first-order valence-electron chi connectivity index (χ1n) is 7.57. The van der Waals surface area contributed by atoms with E-state index in [1.165, 1.54) is 5.56 Å². The molecule has 0 N–H and O–H groups in total. The molecule has 0 unspecified atom stereocenters. The van der Waals surface area contributed by atoms with Gasteiger partial charge in [-0.3, -0.25) is 9.78 Å². The highest BCUT2D eigenvalue weighted by molar-refractivity contribution is 5.94. The maximum Gasteiger partial charge on any atom is 0.231 e. The molecule has 2 aromatic rings. The van der Waals surface area contributed by atoms with Crippen LogP contribution in [0.3, 0.4) is 0 Å². The summed E-state index contributed by atoms with van der Waals surface area (Å²) in [5.74, 6) is 1.03. The van der Waals surface area contributed by atoms with Crippen LogP contribution in [0.25, 0.3) is 0 Å². The second-order valence-corrected chi connectivity index (χ2v) is 5.68. The van der Waals surface area contributed by atoms with Gasteiger partial charge in [-0.1, -0.05) is 12.1 Å². The molecule has 0 bridgehead atoms. The molecule has 1 amide bonds. The molecule has 0 spiro atoms. The van der Waals surface area contributed by atoms with Gasteiger partial charge in [0.1, 0.15) is 5.75 Å². The fourth-order valence-electron chi connectivity index (χ4n) is 2.70. The maximum atomic E-state index is 12.5. The number of carbonyl (C=O) groups is 1. The summed E-state index contributed by atoms with van der Waals surface area (Å²) in [5.41, 5.74) is 4.02. The SMILES string of the molecule is Cc1cc(N(C)C(=O)Cc2ccc3c(c2)CCCO3)ccn1. The van der Waals surface area contributed by atoms with E-state index >= 15 is 0 Å². The largest absolute Gasteiger partial charge is 0.493 e. The highest BCUT2D eigenvalue weighted by Gasteiger charge is 2.15. The number of rotatable bonds is 3. The van der Waals surface area contributed by atoms with Crippen molar-refractivity contribution in [3.8, 4) is 5.75 Å². The Balaban J connectivity index is 1.73. The molecule has 1 aromatic heterocycles. The molecule has 0 saturated heterocycles. The summed E-state index contributed by atoms with van der Waals surface area (Å²) in [6.07, 6.45) is 4.19. The molecule has 0 radical (unpaired) electrons. The molecule has 0 fully saturated rings. The summed E-state index contributed by atoms with van der Waals surface area (Å²) < 4.78 is 5.61. The Kier molecular flexibility index (Phi) is 4.09. The second kappa shape index (κ2) is 6.18. The Morgan fingerprint density at radius 2 is 2.18 bits per heavy atom. The number of ether oxygens (including phenoxy) is 1. The van der Waals surface area contributed by atoms with Crippen LogP contribution in [-0.4, -0.2) is 24.5 Å². The van der Waals surface area contributed by atoms with E-state index in [-0.39, 0.29) is 5.91 Å². The molecule has 114 valence electrons. The Morgan fingerprint density at radius 1 is 1.32 bits per heavy atom. The first kappa shape index (κ1) is 14.6. The first-order valence-corrected chi connectivity index (χ1v) is 7.57. The van der Waals surface area contributed by atoms with E-state index in [0.717, 1.165) is 42.1 Å². The van der Waals surface area contributed by atoms with E-state index in [2.05, 4.69) is 11.1 Å². The molecular formula is C18H20N2O2. The summed E-state index contributed by atoms with van der Waals surface area (Å²) >= 11 is 0. The number of aryl methyl sites for hydroxylation is 2. The van der Waals surface area contributed by atoms with Crippen LogP contribution < -0.4 is 9.64 Å². The van der Waals surface area contributed by atoms with Gasteiger partial charge in [-0.2, -0.15) is 0 Å². The fraction of sp³-hybridized carbons (Fsp3) is 0.333. The topological polar surface area (TPSA) is 42.4 Å². The van der Waals surface area contributed by atoms with E-state index in [4.69, 9.17) is 4.74 Å². The fourth-order valence-corrected chi connectivity index (χ4v) is 2.70. The number of hydrogen-bond donors (Lipinski definition) is 0. The average molecular weight is 296 g/mol. The standard InChI is InChI=1S/C18H20N2O2/c1-13-10-16(7-8-19-13)20(2)18(21)12-14-5-6-17-15(11-14)4-3-9-22-17/h5-8,10-11H,3-4,9,12H2,1-2H3. The van der Waals surface area contributed by atoms with Gasteiger partial charge in [-0.05, 0) is 49.1 Å². The van der Waals surface area contributed by atoms with Gasteiger partial charge < -0.3 is 9.64 Å². The van der Waals surface area contributed by atoms with E-state index in [1.54, 1.807) is 18.1 Å². The van der Waals surface area contributed by atoms with Crippen molar-refractivity contribution in [3.63, 3.8) is 0 Å². The van der Waals surface area contributed by atoms with Crippen LogP contribution in [0.4, 0.5) is 5.69 Å². The average Bonchev–Trinajstić information content (AvgIpc) is 2.54. The van der Waals surface area contributed by atoms with Gasteiger partial charge in [0.15, 0.2) is 0 Å². The van der Waals surface area contributed by atoms with E-state index in [9.17, 15) is 4.79 Å². The van der Waals surface area contributed by atoms with Crippen molar-refractivity contribution in [3.05, 3.63) is 53.3 Å². The van der Waals surface area contributed by atoms with Crippen LogP contribution in [-0.2, 0) is 17.6 Å². The lowest BCUT2D eigenvalue weighted by Crippen LogP contribution is -2.28. The lowest BCUT2D eigenvalue weighted by atomic mass is 10.0. The number of amides is 1. The van der Waals surface area contributed by atoms with Gasteiger partial charge in [0, 0.05) is 24.6 Å². The number of fused-ring (bicyclic) bond motifs is 1. The third-order valence-electron chi connectivity index (χ3n) is 3.97. The summed E-state index contributed by atoms with van der Waals surface area (Å²) in [6, 6.07) is 9.82. The normalized spacial score (nSPS) is 13.2. The summed E-state index contributed by atoms with van der Waals surface area (Å²) in [4.78, 5) is 18.3. The molecule has 1 aliphatic heterocycles. The number of carbonyl (C=O) groups excluding carboxylic acids is 1. The van der Waals surface area contributed by atoms with Crippen molar-refractivity contribution in [2.75, 3.05) is 18.6 Å². The third kappa shape index (κ3) is 3.11. The van der Waals surface area contributed by atoms with Crippen LogP contribution in [0.2, 0.25) is 0 Å². The zero-order valence-corrected chi connectivity index (χ0v) is 13.0. The van der Waals surface area contributed by atoms with Crippen molar-refractivity contribution in [2.45, 2.75) is 26.2 Å². The molecule has 0 saturated carbocycles. The first-order chi connectivity index (χ1) is 10.6. The zero-order chi connectivity index (χ0) is 15.5. The number of likely N-dealkylation sites (N-methyl/N-ethyl adjacent to an activating group) is 1. The Morgan fingerprint density at radius 3 is 3.00 bits per heavy atom. The highest BCUT2D eigenvalue weighted by atomic mass is 16.5. The van der Waals surface area contributed by atoms with Gasteiger partial charge in [0.05, 0.1) is 13.0 Å². The lowest BCUT2D eigenvalue weighted by Gasteiger charge is -2.20. The lowest BCUT2D eigenvalue weighted by molar-refractivity contribution is -0.117. The Bertz CT molecular complexity index is 697. The van der Waals surface area contributed by atoms with Crippen molar-refractivity contribution in [2.24, 2.45) is 0 Å².